The molecule has 4 atom stereocenters. The average molecular weight is 334 g/mol. The van der Waals surface area contributed by atoms with Gasteiger partial charge in [0.2, 0.25) is 17.7 Å². The number of amides is 3. The number of rotatable bonds is 9. The Labute approximate surface area is 132 Å². The Morgan fingerprint density at radius 1 is 1.04 bits per heavy atom. The van der Waals surface area contributed by atoms with E-state index in [-0.39, 0.29) is 6.54 Å². The Morgan fingerprint density at radius 2 is 1.61 bits per heavy atom. The third kappa shape index (κ3) is 7.04. The molecule has 0 fully saturated rings. The number of nitrogens with two attached hydrogens (primary N) is 1. The minimum Gasteiger partial charge on any atom is -0.480 e. The fourth-order valence-electron chi connectivity index (χ4n) is 1.50. The van der Waals surface area contributed by atoms with Gasteiger partial charge in [0.25, 0.3) is 0 Å². The molecule has 23 heavy (non-hydrogen) atoms. The summed E-state index contributed by atoms with van der Waals surface area (Å²) in [6.45, 7) is 1.37. The number of carboxylic acid groups (broad SMARTS) is 1. The van der Waals surface area contributed by atoms with Gasteiger partial charge in [-0.2, -0.15) is 0 Å². The topological polar surface area (TPSA) is 191 Å². The van der Waals surface area contributed by atoms with Gasteiger partial charge in [0.1, 0.15) is 12.1 Å². The van der Waals surface area contributed by atoms with E-state index in [0.717, 1.165) is 6.92 Å². The van der Waals surface area contributed by atoms with Gasteiger partial charge in [-0.05, 0) is 13.8 Å². The van der Waals surface area contributed by atoms with Gasteiger partial charge < -0.3 is 37.0 Å². The lowest BCUT2D eigenvalue weighted by atomic mass is 10.1. The number of aliphatic hydroxyl groups excluding tert-OH is 2. The van der Waals surface area contributed by atoms with Crippen molar-refractivity contribution < 1.29 is 34.5 Å². The largest absolute Gasteiger partial charge is 0.480 e. The molecule has 8 N–H and O–H groups in total. The summed E-state index contributed by atoms with van der Waals surface area (Å²) in [7, 11) is 0. The number of aliphatic carboxylic acids is 1. The van der Waals surface area contributed by atoms with Crippen LogP contribution in [0.3, 0.4) is 0 Å². The molecule has 0 aliphatic heterocycles. The van der Waals surface area contributed by atoms with Crippen LogP contribution in [0.5, 0.6) is 0 Å². The highest BCUT2D eigenvalue weighted by atomic mass is 16.4. The van der Waals surface area contributed by atoms with Crippen LogP contribution in [-0.2, 0) is 19.2 Å². The van der Waals surface area contributed by atoms with E-state index < -0.39 is 54.5 Å². The van der Waals surface area contributed by atoms with Crippen LogP contribution in [0.1, 0.15) is 13.8 Å². The molecule has 0 aromatic carbocycles. The molecule has 0 saturated heterocycles. The van der Waals surface area contributed by atoms with Gasteiger partial charge in [0.05, 0.1) is 19.3 Å². The van der Waals surface area contributed by atoms with Crippen molar-refractivity contribution in [3.8, 4) is 0 Å². The zero-order valence-electron chi connectivity index (χ0n) is 12.8. The van der Waals surface area contributed by atoms with E-state index in [2.05, 4.69) is 10.6 Å². The quantitative estimate of drug-likeness (QED) is 0.221. The first-order valence-corrected chi connectivity index (χ1v) is 6.75. The smallest absolute Gasteiger partial charge is 0.328 e. The lowest BCUT2D eigenvalue weighted by Gasteiger charge is -2.22. The second kappa shape index (κ2) is 9.71. The zero-order valence-corrected chi connectivity index (χ0v) is 12.8. The van der Waals surface area contributed by atoms with Crippen molar-refractivity contribution in [3.05, 3.63) is 0 Å². The number of nitrogens with one attached hydrogen (secondary N) is 3. The van der Waals surface area contributed by atoms with Crippen molar-refractivity contribution >= 4 is 23.7 Å². The molecule has 0 aliphatic rings. The van der Waals surface area contributed by atoms with E-state index in [0.29, 0.717) is 0 Å². The molecule has 0 heterocycles. The first kappa shape index (κ1) is 20.8. The summed E-state index contributed by atoms with van der Waals surface area (Å²) < 4.78 is 0. The molecule has 0 spiro atoms. The molecule has 132 valence electrons. The summed E-state index contributed by atoms with van der Waals surface area (Å²) in [5.74, 6) is -3.82. The van der Waals surface area contributed by atoms with E-state index in [1.54, 1.807) is 0 Å². The van der Waals surface area contributed by atoms with Crippen LogP contribution in [0.2, 0.25) is 0 Å². The van der Waals surface area contributed by atoms with Crippen LogP contribution in [0, 0.1) is 0 Å². The molecule has 0 aromatic rings. The fraction of sp³-hybridized carbons (Fsp3) is 0.667. The minimum absolute atomic E-state index is 0.323. The predicted octanol–water partition coefficient (Wildman–Crippen LogP) is -4.12. The Morgan fingerprint density at radius 3 is 2.00 bits per heavy atom. The molecule has 0 radical (unpaired) electrons. The second-order valence-corrected chi connectivity index (χ2v) is 4.80. The van der Waals surface area contributed by atoms with E-state index in [1.165, 1.54) is 6.92 Å². The standard InChI is InChI=1S/C12H22N4O7/c1-5(14-8(19)3-13)10(20)15-7(4-17)11(21)16-9(6(2)18)12(22)23/h5-7,9,17-18H,3-4,13H2,1-2H3,(H,14,19)(H,15,20)(H,16,21)(H,22,23). The van der Waals surface area contributed by atoms with Crippen LogP contribution in [0.25, 0.3) is 0 Å². The Balaban J connectivity index is 4.75. The van der Waals surface area contributed by atoms with Crippen LogP contribution in [0.15, 0.2) is 0 Å². The Kier molecular flexibility index (Phi) is 8.77. The summed E-state index contributed by atoms with van der Waals surface area (Å²) in [6, 6.07) is -4.05. The summed E-state index contributed by atoms with van der Waals surface area (Å²) in [4.78, 5) is 45.6. The van der Waals surface area contributed by atoms with Gasteiger partial charge in [-0.25, -0.2) is 4.79 Å². The molecule has 0 aliphatic carbocycles. The maximum Gasteiger partial charge on any atom is 0.328 e. The van der Waals surface area contributed by atoms with Crippen LogP contribution in [-0.4, -0.2) is 76.4 Å². The molecular weight excluding hydrogens is 312 g/mol. The fourth-order valence-corrected chi connectivity index (χ4v) is 1.50. The Bertz CT molecular complexity index is 455. The lowest BCUT2D eigenvalue weighted by Crippen LogP contribution is -2.58. The van der Waals surface area contributed by atoms with E-state index in [9.17, 15) is 24.3 Å². The lowest BCUT2D eigenvalue weighted by molar-refractivity contribution is -0.145. The van der Waals surface area contributed by atoms with E-state index in [4.69, 9.17) is 15.9 Å². The highest BCUT2D eigenvalue weighted by Crippen LogP contribution is 1.96. The third-order valence-electron chi connectivity index (χ3n) is 2.82. The van der Waals surface area contributed by atoms with Gasteiger partial charge in [-0.15, -0.1) is 0 Å². The van der Waals surface area contributed by atoms with Crippen LogP contribution in [0.4, 0.5) is 0 Å². The molecule has 11 nitrogen and oxygen atoms in total. The monoisotopic (exact) mass is 334 g/mol. The van der Waals surface area contributed by atoms with Crippen molar-refractivity contribution in [3.63, 3.8) is 0 Å². The van der Waals surface area contributed by atoms with Crippen molar-refractivity contribution in [2.45, 2.75) is 38.1 Å². The highest BCUT2D eigenvalue weighted by Gasteiger charge is 2.30. The maximum absolute atomic E-state index is 11.9. The number of hydrogen-bond acceptors (Lipinski definition) is 7. The van der Waals surface area contributed by atoms with E-state index >= 15 is 0 Å². The van der Waals surface area contributed by atoms with Crippen molar-refractivity contribution in [1.82, 2.24) is 16.0 Å². The maximum atomic E-state index is 11.9. The molecule has 11 heteroatoms. The summed E-state index contributed by atoms with van der Waals surface area (Å²) >= 11 is 0. The van der Waals surface area contributed by atoms with Crippen molar-refractivity contribution in [1.29, 1.82) is 0 Å². The molecule has 0 aromatic heterocycles. The van der Waals surface area contributed by atoms with Crippen molar-refractivity contribution in [2.24, 2.45) is 5.73 Å². The SMILES string of the molecule is CC(NC(=O)CN)C(=O)NC(CO)C(=O)NC(C(=O)O)C(C)O. The minimum atomic E-state index is -1.59. The van der Waals surface area contributed by atoms with Gasteiger partial charge in [0.15, 0.2) is 6.04 Å². The van der Waals surface area contributed by atoms with E-state index in [1.807, 2.05) is 5.32 Å². The molecule has 0 rings (SSSR count). The van der Waals surface area contributed by atoms with Gasteiger partial charge in [0, 0.05) is 0 Å². The molecule has 3 amide bonds. The summed E-state index contributed by atoms with van der Waals surface area (Å²) in [5, 5.41) is 33.7. The third-order valence-corrected chi connectivity index (χ3v) is 2.82. The summed E-state index contributed by atoms with van der Waals surface area (Å²) in [6.07, 6.45) is -1.38. The number of carboxylic acids is 1. The molecule has 0 saturated carbocycles. The van der Waals surface area contributed by atoms with Crippen molar-refractivity contribution in [2.75, 3.05) is 13.2 Å². The number of carbonyl (C=O) groups excluding carboxylic acids is 3. The molecule has 0 bridgehead atoms. The van der Waals surface area contributed by atoms with Crippen LogP contribution < -0.4 is 21.7 Å². The predicted molar refractivity (Wildman–Crippen MR) is 76.9 cm³/mol. The Hall–Kier alpha value is -2.24. The van der Waals surface area contributed by atoms with Gasteiger partial charge in [-0.1, -0.05) is 0 Å². The zero-order chi connectivity index (χ0) is 18.2. The molecular formula is C12H22N4O7. The molecule has 4 unspecified atom stereocenters. The number of aliphatic hydroxyl groups is 2. The first-order chi connectivity index (χ1) is 10.6. The highest BCUT2D eigenvalue weighted by molar-refractivity contribution is 5.93. The number of carbonyl (C=O) groups is 4. The van der Waals surface area contributed by atoms with Gasteiger partial charge in [-0.3, -0.25) is 14.4 Å². The normalized spacial score (nSPS) is 15.7. The number of hydrogen-bond donors (Lipinski definition) is 7. The average Bonchev–Trinajstić information content (AvgIpc) is 2.48. The van der Waals surface area contributed by atoms with Gasteiger partial charge >= 0.3 is 5.97 Å². The first-order valence-electron chi connectivity index (χ1n) is 6.75. The van der Waals surface area contributed by atoms with Crippen LogP contribution >= 0.6 is 0 Å². The summed E-state index contributed by atoms with van der Waals surface area (Å²) in [5.41, 5.74) is 5.08. The second-order valence-electron chi connectivity index (χ2n) is 4.80.